The number of rotatable bonds is 5. The molecule has 1 amide bonds. The maximum absolute atomic E-state index is 12.1. The van der Waals surface area contributed by atoms with Gasteiger partial charge in [0, 0.05) is 23.6 Å². The van der Waals surface area contributed by atoms with E-state index in [-0.39, 0.29) is 5.91 Å². The van der Waals surface area contributed by atoms with Crippen LogP contribution in [0.15, 0.2) is 18.2 Å². The monoisotopic (exact) mass is 302 g/mol. The van der Waals surface area contributed by atoms with Gasteiger partial charge in [-0.3, -0.25) is 4.79 Å². The maximum Gasteiger partial charge on any atom is 0.239 e. The van der Waals surface area contributed by atoms with Gasteiger partial charge < -0.3 is 10.6 Å². The molecule has 2 N–H and O–H groups in total. The first-order valence-electron chi connectivity index (χ1n) is 6.25. The first-order chi connectivity index (χ1) is 8.81. The molecule has 1 aromatic rings. The van der Waals surface area contributed by atoms with Crippen molar-refractivity contribution in [3.8, 4) is 0 Å². The van der Waals surface area contributed by atoms with Gasteiger partial charge in [-0.15, -0.1) is 0 Å². The number of amides is 1. The predicted molar refractivity (Wildman–Crippen MR) is 80.4 cm³/mol. The molecule has 19 heavy (non-hydrogen) atoms. The largest absolute Gasteiger partial charge is 0.340 e. The van der Waals surface area contributed by atoms with Crippen molar-refractivity contribution in [2.75, 3.05) is 7.05 Å². The molecule has 1 rings (SSSR count). The summed E-state index contributed by atoms with van der Waals surface area (Å²) in [4.78, 5) is 13.7. The summed E-state index contributed by atoms with van der Waals surface area (Å²) in [6.45, 7) is 4.52. The fourth-order valence-corrected chi connectivity index (χ4v) is 2.34. The van der Waals surface area contributed by atoms with E-state index < -0.39 is 6.04 Å². The molecular weight excluding hydrogens is 283 g/mol. The normalized spacial score (nSPS) is 12.6. The standard InChI is InChI=1S/C14H20Cl2N2O/c1-9(2)6-13(17)14(19)18(3)8-10-4-5-11(15)7-12(10)16/h4-5,7,9,13H,6,8,17H2,1-3H3. The summed E-state index contributed by atoms with van der Waals surface area (Å²) >= 11 is 11.9. The zero-order chi connectivity index (χ0) is 14.6. The molecule has 0 radical (unpaired) electrons. The van der Waals surface area contributed by atoms with Crippen LogP contribution in [0.25, 0.3) is 0 Å². The molecule has 3 nitrogen and oxygen atoms in total. The van der Waals surface area contributed by atoms with Gasteiger partial charge in [-0.25, -0.2) is 0 Å². The quantitative estimate of drug-likeness (QED) is 0.907. The zero-order valence-electron chi connectivity index (χ0n) is 11.5. The Morgan fingerprint density at radius 3 is 2.53 bits per heavy atom. The van der Waals surface area contributed by atoms with E-state index in [0.717, 1.165) is 5.56 Å². The number of hydrogen-bond acceptors (Lipinski definition) is 2. The van der Waals surface area contributed by atoms with Gasteiger partial charge in [0.15, 0.2) is 0 Å². The molecule has 0 aromatic heterocycles. The first kappa shape index (κ1) is 16.3. The molecule has 0 fully saturated rings. The van der Waals surface area contributed by atoms with Gasteiger partial charge >= 0.3 is 0 Å². The Morgan fingerprint density at radius 2 is 2.00 bits per heavy atom. The van der Waals surface area contributed by atoms with Gasteiger partial charge in [0.25, 0.3) is 0 Å². The van der Waals surface area contributed by atoms with Crippen molar-refractivity contribution in [2.45, 2.75) is 32.9 Å². The van der Waals surface area contributed by atoms with E-state index in [1.165, 1.54) is 0 Å². The summed E-state index contributed by atoms with van der Waals surface area (Å²) < 4.78 is 0. The molecule has 0 heterocycles. The van der Waals surface area contributed by atoms with Crippen molar-refractivity contribution in [2.24, 2.45) is 11.7 Å². The van der Waals surface area contributed by atoms with Crippen LogP contribution in [0.2, 0.25) is 10.0 Å². The molecule has 0 spiro atoms. The van der Waals surface area contributed by atoms with Gasteiger partial charge in [0.05, 0.1) is 6.04 Å². The third kappa shape index (κ3) is 5.01. The van der Waals surface area contributed by atoms with Gasteiger partial charge in [-0.05, 0) is 30.0 Å². The Morgan fingerprint density at radius 1 is 1.37 bits per heavy atom. The van der Waals surface area contributed by atoms with Gasteiger partial charge in [0.2, 0.25) is 5.91 Å². The number of nitrogens with zero attached hydrogens (tertiary/aromatic N) is 1. The lowest BCUT2D eigenvalue weighted by Crippen LogP contribution is -2.42. The molecule has 0 aliphatic carbocycles. The van der Waals surface area contributed by atoms with Gasteiger partial charge in [-0.2, -0.15) is 0 Å². The molecule has 0 saturated carbocycles. The summed E-state index contributed by atoms with van der Waals surface area (Å²) in [7, 11) is 1.73. The maximum atomic E-state index is 12.1. The van der Waals surface area contributed by atoms with E-state index in [4.69, 9.17) is 28.9 Å². The van der Waals surface area contributed by atoms with E-state index in [1.54, 1.807) is 24.1 Å². The highest BCUT2D eigenvalue weighted by atomic mass is 35.5. The molecule has 0 aliphatic heterocycles. The second-order valence-electron chi connectivity index (χ2n) is 5.17. The van der Waals surface area contributed by atoms with Crippen LogP contribution >= 0.6 is 23.2 Å². The van der Waals surface area contributed by atoms with Crippen molar-refractivity contribution < 1.29 is 4.79 Å². The van der Waals surface area contributed by atoms with Crippen molar-refractivity contribution in [3.05, 3.63) is 33.8 Å². The molecule has 1 atom stereocenters. The summed E-state index contributed by atoms with van der Waals surface area (Å²) in [6.07, 6.45) is 0.678. The highest BCUT2D eigenvalue weighted by Crippen LogP contribution is 2.22. The van der Waals surface area contributed by atoms with E-state index in [9.17, 15) is 4.79 Å². The topological polar surface area (TPSA) is 46.3 Å². The van der Waals surface area contributed by atoms with Crippen LogP contribution in [0.4, 0.5) is 0 Å². The fourth-order valence-electron chi connectivity index (χ4n) is 1.88. The molecule has 0 aliphatic rings. The average molecular weight is 303 g/mol. The van der Waals surface area contributed by atoms with E-state index >= 15 is 0 Å². The predicted octanol–water partition coefficient (Wildman–Crippen LogP) is 3.33. The van der Waals surface area contributed by atoms with Crippen LogP contribution in [0.5, 0.6) is 0 Å². The van der Waals surface area contributed by atoms with Crippen LogP contribution in [-0.2, 0) is 11.3 Å². The summed E-state index contributed by atoms with van der Waals surface area (Å²) in [6, 6.07) is 4.79. The third-order valence-corrected chi connectivity index (χ3v) is 3.43. The van der Waals surface area contributed by atoms with Gasteiger partial charge in [0.1, 0.15) is 0 Å². The van der Waals surface area contributed by atoms with Crippen molar-refractivity contribution in [1.29, 1.82) is 0 Å². The SMILES string of the molecule is CC(C)CC(N)C(=O)N(C)Cc1ccc(Cl)cc1Cl. The number of hydrogen-bond donors (Lipinski definition) is 1. The van der Waals surface area contributed by atoms with Crippen LogP contribution in [0.3, 0.4) is 0 Å². The second kappa shape index (κ2) is 7.13. The Labute approximate surface area is 124 Å². The van der Waals surface area contributed by atoms with Crippen LogP contribution in [-0.4, -0.2) is 23.9 Å². The van der Waals surface area contributed by atoms with Crippen molar-refractivity contribution in [1.82, 2.24) is 4.90 Å². The Kier molecular flexibility index (Phi) is 6.11. The minimum Gasteiger partial charge on any atom is -0.340 e. The number of likely N-dealkylation sites (N-methyl/N-ethyl adjacent to an activating group) is 1. The molecule has 0 saturated heterocycles. The number of carbonyl (C=O) groups excluding carboxylic acids is 1. The number of carbonyl (C=O) groups is 1. The van der Waals surface area contributed by atoms with Crippen LogP contribution < -0.4 is 5.73 Å². The lowest BCUT2D eigenvalue weighted by Gasteiger charge is -2.22. The Balaban J connectivity index is 2.68. The van der Waals surface area contributed by atoms with Crippen molar-refractivity contribution in [3.63, 3.8) is 0 Å². The smallest absolute Gasteiger partial charge is 0.239 e. The highest BCUT2D eigenvalue weighted by molar-refractivity contribution is 6.35. The molecule has 1 unspecified atom stereocenters. The molecule has 0 bridgehead atoms. The summed E-state index contributed by atoms with van der Waals surface area (Å²) in [5.41, 5.74) is 6.75. The molecule has 5 heteroatoms. The minimum atomic E-state index is -0.462. The van der Waals surface area contributed by atoms with E-state index in [0.29, 0.717) is 28.9 Å². The number of nitrogens with two attached hydrogens (primary N) is 1. The minimum absolute atomic E-state index is 0.0697. The Bertz CT molecular complexity index is 449. The fraction of sp³-hybridized carbons (Fsp3) is 0.500. The number of benzene rings is 1. The van der Waals surface area contributed by atoms with Crippen LogP contribution in [0.1, 0.15) is 25.8 Å². The van der Waals surface area contributed by atoms with Gasteiger partial charge in [-0.1, -0.05) is 43.1 Å². The zero-order valence-corrected chi connectivity index (χ0v) is 13.0. The highest BCUT2D eigenvalue weighted by Gasteiger charge is 2.19. The first-order valence-corrected chi connectivity index (χ1v) is 7.01. The summed E-state index contributed by atoms with van der Waals surface area (Å²) in [5, 5.41) is 1.14. The van der Waals surface area contributed by atoms with Crippen molar-refractivity contribution >= 4 is 29.1 Å². The third-order valence-electron chi connectivity index (χ3n) is 2.84. The lowest BCUT2D eigenvalue weighted by molar-refractivity contribution is -0.132. The average Bonchev–Trinajstić information content (AvgIpc) is 2.30. The lowest BCUT2D eigenvalue weighted by atomic mass is 10.0. The molecular formula is C14H20Cl2N2O. The Hall–Kier alpha value is -0.770. The van der Waals surface area contributed by atoms with Crippen LogP contribution in [0, 0.1) is 5.92 Å². The molecule has 106 valence electrons. The van der Waals surface area contributed by atoms with E-state index in [2.05, 4.69) is 0 Å². The van der Waals surface area contributed by atoms with E-state index in [1.807, 2.05) is 19.9 Å². The number of halogens is 2. The molecule has 1 aromatic carbocycles. The summed E-state index contributed by atoms with van der Waals surface area (Å²) in [5.74, 6) is 0.325. The second-order valence-corrected chi connectivity index (χ2v) is 6.01.